The molecule has 0 bridgehead atoms. The van der Waals surface area contributed by atoms with E-state index >= 15 is 0 Å². The van der Waals surface area contributed by atoms with Crippen molar-refractivity contribution in [2.24, 2.45) is 7.05 Å². The highest BCUT2D eigenvalue weighted by atomic mass is 19.1. The first-order valence-corrected chi connectivity index (χ1v) is 3.75. The lowest BCUT2D eigenvalue weighted by atomic mass is 10.2. The van der Waals surface area contributed by atoms with E-state index in [-0.39, 0.29) is 5.82 Å². The van der Waals surface area contributed by atoms with Gasteiger partial charge >= 0.3 is 0 Å². The maximum Gasteiger partial charge on any atom is 0.128 e. The molecule has 0 aliphatic rings. The fourth-order valence-corrected chi connectivity index (χ4v) is 1.25. The van der Waals surface area contributed by atoms with Crippen molar-refractivity contribution in [3.8, 4) is 0 Å². The van der Waals surface area contributed by atoms with Crippen LogP contribution in [0.1, 0.15) is 5.56 Å². The van der Waals surface area contributed by atoms with E-state index in [2.05, 4.69) is 4.98 Å². The minimum absolute atomic E-state index is 0.193. The Balaban J connectivity index is 2.87. The highest BCUT2D eigenvalue weighted by Gasteiger charge is 2.03. The van der Waals surface area contributed by atoms with E-state index in [9.17, 15) is 4.39 Å². The number of imidazole rings is 1. The summed E-state index contributed by atoms with van der Waals surface area (Å²) in [4.78, 5) is 4.04. The predicted octanol–water partition coefficient (Wildman–Crippen LogP) is 2.02. The zero-order valence-corrected chi connectivity index (χ0v) is 7.00. The van der Waals surface area contributed by atoms with Crippen molar-refractivity contribution >= 4 is 11.0 Å². The van der Waals surface area contributed by atoms with Gasteiger partial charge in [0.25, 0.3) is 0 Å². The first-order chi connectivity index (χ1) is 5.68. The van der Waals surface area contributed by atoms with Crippen LogP contribution in [0.15, 0.2) is 18.5 Å². The summed E-state index contributed by atoms with van der Waals surface area (Å²) in [7, 11) is 1.90. The molecule has 0 aliphatic carbocycles. The third-order valence-corrected chi connectivity index (χ3v) is 2.01. The van der Waals surface area contributed by atoms with Gasteiger partial charge in [-0.2, -0.15) is 0 Å². The molecule has 0 radical (unpaired) electrons. The van der Waals surface area contributed by atoms with Crippen LogP contribution in [0.5, 0.6) is 0 Å². The van der Waals surface area contributed by atoms with Crippen molar-refractivity contribution in [1.82, 2.24) is 9.55 Å². The second-order valence-corrected chi connectivity index (χ2v) is 2.95. The molecule has 1 aromatic heterocycles. The predicted molar refractivity (Wildman–Crippen MR) is 45.4 cm³/mol. The molecule has 0 saturated heterocycles. The van der Waals surface area contributed by atoms with Crippen molar-refractivity contribution < 1.29 is 4.39 Å². The van der Waals surface area contributed by atoms with Gasteiger partial charge < -0.3 is 4.57 Å². The van der Waals surface area contributed by atoms with E-state index in [1.165, 1.54) is 6.07 Å². The Kier molecular flexibility index (Phi) is 1.40. The average molecular weight is 164 g/mol. The molecule has 0 fully saturated rings. The second kappa shape index (κ2) is 2.30. The number of nitrogens with zero attached hydrogens (tertiary/aromatic N) is 2. The molecule has 3 heteroatoms. The van der Waals surface area contributed by atoms with Gasteiger partial charge in [0, 0.05) is 13.1 Å². The van der Waals surface area contributed by atoms with E-state index in [0.29, 0.717) is 11.1 Å². The van der Waals surface area contributed by atoms with Crippen LogP contribution in [0.3, 0.4) is 0 Å². The van der Waals surface area contributed by atoms with Crippen LogP contribution in [-0.2, 0) is 7.05 Å². The number of fused-ring (bicyclic) bond motifs is 1. The minimum Gasteiger partial charge on any atom is -0.334 e. The molecule has 1 heterocycles. The van der Waals surface area contributed by atoms with Gasteiger partial charge in [0.2, 0.25) is 0 Å². The summed E-state index contributed by atoms with van der Waals surface area (Å²) in [5.41, 5.74) is 2.33. The molecule has 1 aromatic carbocycles. The van der Waals surface area contributed by atoms with Gasteiger partial charge in [-0.1, -0.05) is 0 Å². The SMILES string of the molecule is Cc1cc2c(cc1F)ncn2C. The first kappa shape index (κ1) is 7.28. The van der Waals surface area contributed by atoms with Gasteiger partial charge in [0.05, 0.1) is 17.4 Å². The average Bonchev–Trinajstić information content (AvgIpc) is 2.35. The molecule has 2 aromatic rings. The van der Waals surface area contributed by atoms with E-state index in [1.807, 2.05) is 11.6 Å². The Labute approximate surface area is 69.6 Å². The van der Waals surface area contributed by atoms with Crippen molar-refractivity contribution in [3.63, 3.8) is 0 Å². The molecule has 0 amide bonds. The third-order valence-electron chi connectivity index (χ3n) is 2.01. The monoisotopic (exact) mass is 164 g/mol. The van der Waals surface area contributed by atoms with Crippen LogP contribution in [-0.4, -0.2) is 9.55 Å². The smallest absolute Gasteiger partial charge is 0.128 e. The first-order valence-electron chi connectivity index (χ1n) is 3.75. The topological polar surface area (TPSA) is 17.8 Å². The number of rotatable bonds is 0. The lowest BCUT2D eigenvalue weighted by Gasteiger charge is -1.97. The zero-order valence-electron chi connectivity index (χ0n) is 7.00. The molecule has 0 atom stereocenters. The highest BCUT2D eigenvalue weighted by Crippen LogP contribution is 2.16. The molecule has 0 saturated carbocycles. The molecule has 2 rings (SSSR count). The van der Waals surface area contributed by atoms with E-state index < -0.39 is 0 Å². The molecular formula is C9H9FN2. The summed E-state index contributed by atoms with van der Waals surface area (Å²) in [5, 5.41) is 0. The zero-order chi connectivity index (χ0) is 8.72. The summed E-state index contributed by atoms with van der Waals surface area (Å²) >= 11 is 0. The van der Waals surface area contributed by atoms with E-state index in [4.69, 9.17) is 0 Å². The van der Waals surface area contributed by atoms with Crippen LogP contribution in [0.2, 0.25) is 0 Å². The van der Waals surface area contributed by atoms with Crippen LogP contribution < -0.4 is 0 Å². The number of aromatic nitrogens is 2. The summed E-state index contributed by atoms with van der Waals surface area (Å²) < 4.78 is 14.9. The standard InChI is InChI=1S/C9H9FN2/c1-6-3-9-8(4-7(6)10)11-5-12(9)2/h3-5H,1-2H3. The lowest BCUT2D eigenvalue weighted by Crippen LogP contribution is -1.86. The second-order valence-electron chi connectivity index (χ2n) is 2.95. The molecular weight excluding hydrogens is 155 g/mol. The van der Waals surface area contributed by atoms with E-state index in [0.717, 1.165) is 5.52 Å². The molecule has 0 N–H and O–H groups in total. The molecule has 2 nitrogen and oxygen atoms in total. The Morgan fingerprint density at radius 2 is 2.17 bits per heavy atom. The van der Waals surface area contributed by atoms with Gasteiger partial charge in [-0.3, -0.25) is 0 Å². The van der Waals surface area contributed by atoms with Gasteiger partial charge in [0.1, 0.15) is 5.82 Å². The van der Waals surface area contributed by atoms with Crippen LogP contribution in [0, 0.1) is 12.7 Å². The summed E-state index contributed by atoms with van der Waals surface area (Å²) in [6.45, 7) is 1.75. The largest absolute Gasteiger partial charge is 0.334 e. The molecule has 0 unspecified atom stereocenters. The molecule has 62 valence electrons. The Hall–Kier alpha value is -1.38. The number of halogens is 1. The Morgan fingerprint density at radius 1 is 1.42 bits per heavy atom. The highest BCUT2D eigenvalue weighted by molar-refractivity contribution is 5.76. The Bertz CT molecular complexity index is 431. The van der Waals surface area contributed by atoms with Crippen molar-refractivity contribution in [2.75, 3.05) is 0 Å². The van der Waals surface area contributed by atoms with Crippen molar-refractivity contribution in [2.45, 2.75) is 6.92 Å². The van der Waals surface area contributed by atoms with Gasteiger partial charge in [-0.15, -0.1) is 0 Å². The summed E-state index contributed by atoms with van der Waals surface area (Å²) in [5.74, 6) is -0.193. The number of benzene rings is 1. The fourth-order valence-electron chi connectivity index (χ4n) is 1.25. The maximum absolute atomic E-state index is 13.0. The van der Waals surface area contributed by atoms with Gasteiger partial charge in [-0.05, 0) is 18.6 Å². The third kappa shape index (κ3) is 0.897. The molecule has 0 aliphatic heterocycles. The fraction of sp³-hybridized carbons (Fsp3) is 0.222. The van der Waals surface area contributed by atoms with Crippen LogP contribution in [0.25, 0.3) is 11.0 Å². The lowest BCUT2D eigenvalue weighted by molar-refractivity contribution is 0.620. The van der Waals surface area contributed by atoms with E-state index in [1.54, 1.807) is 19.3 Å². The number of hydrogen-bond acceptors (Lipinski definition) is 1. The molecule has 12 heavy (non-hydrogen) atoms. The Morgan fingerprint density at radius 3 is 2.92 bits per heavy atom. The normalized spacial score (nSPS) is 10.9. The summed E-state index contributed by atoms with van der Waals surface area (Å²) in [6.07, 6.45) is 1.68. The molecule has 0 spiro atoms. The van der Waals surface area contributed by atoms with Gasteiger partial charge in [0.15, 0.2) is 0 Å². The van der Waals surface area contributed by atoms with Crippen LogP contribution in [0.4, 0.5) is 4.39 Å². The van der Waals surface area contributed by atoms with Crippen molar-refractivity contribution in [3.05, 3.63) is 29.8 Å². The minimum atomic E-state index is -0.193. The quantitative estimate of drug-likeness (QED) is 0.582. The maximum atomic E-state index is 13.0. The summed E-state index contributed by atoms with van der Waals surface area (Å²) in [6, 6.07) is 3.27. The number of aryl methyl sites for hydroxylation is 2. The number of hydrogen-bond donors (Lipinski definition) is 0. The van der Waals surface area contributed by atoms with Gasteiger partial charge in [-0.25, -0.2) is 9.37 Å². The van der Waals surface area contributed by atoms with Crippen molar-refractivity contribution in [1.29, 1.82) is 0 Å². The van der Waals surface area contributed by atoms with Crippen LogP contribution >= 0.6 is 0 Å².